The number of aromatic nitrogens is 4. The van der Waals surface area contributed by atoms with Gasteiger partial charge in [-0.2, -0.15) is 5.10 Å². The van der Waals surface area contributed by atoms with Crippen molar-refractivity contribution in [3.8, 4) is 11.1 Å². The maximum Gasteiger partial charge on any atom is 0.420 e. The van der Waals surface area contributed by atoms with E-state index in [0.29, 0.717) is 17.6 Å². The summed E-state index contributed by atoms with van der Waals surface area (Å²) in [6.45, 7) is 0.312. The van der Waals surface area contributed by atoms with Gasteiger partial charge in [0.05, 0.1) is 18.3 Å². The highest BCUT2D eigenvalue weighted by atomic mass is 19.1. The Morgan fingerprint density at radius 2 is 1.89 bits per heavy atom. The van der Waals surface area contributed by atoms with Crippen LogP contribution in [0.3, 0.4) is 0 Å². The normalized spacial score (nSPS) is 11.4. The molecule has 0 bridgehead atoms. The fraction of sp³-hybridized carbons (Fsp3) is 0.0500. The molecule has 0 unspecified atom stereocenters. The lowest BCUT2D eigenvalue weighted by atomic mass is 10.1. The molecule has 0 aliphatic rings. The first-order valence-electron chi connectivity index (χ1n) is 8.35. The summed E-state index contributed by atoms with van der Waals surface area (Å²) in [5.74, 6) is -0.761. The van der Waals surface area contributed by atoms with Crippen molar-refractivity contribution >= 4 is 16.7 Å². The van der Waals surface area contributed by atoms with E-state index >= 15 is 0 Å². The SMILES string of the molecule is O=c1oc2cc(-c3cnc4ccnn4c3)ccc2n1Cc1ccc(F)cc1. The standard InChI is InChI=1S/C20H13FN4O2/c21-16-4-1-13(2-5-16)11-24-17-6-3-14(9-18(17)27-20(24)26)15-10-22-19-7-8-23-25(19)12-15/h1-10,12H,11H2. The van der Waals surface area contributed by atoms with E-state index in [1.54, 1.807) is 29.0 Å². The number of oxazole rings is 1. The van der Waals surface area contributed by atoms with Gasteiger partial charge in [-0.3, -0.25) is 4.57 Å². The molecule has 3 aromatic heterocycles. The van der Waals surface area contributed by atoms with Gasteiger partial charge in [0.1, 0.15) is 5.82 Å². The molecule has 0 saturated heterocycles. The molecule has 0 atom stereocenters. The van der Waals surface area contributed by atoms with Crippen LogP contribution >= 0.6 is 0 Å². The molecule has 2 aromatic carbocycles. The number of hydrogen-bond acceptors (Lipinski definition) is 4. The van der Waals surface area contributed by atoms with Crippen LogP contribution in [0.2, 0.25) is 0 Å². The number of fused-ring (bicyclic) bond motifs is 2. The highest BCUT2D eigenvalue weighted by Crippen LogP contribution is 2.24. The zero-order chi connectivity index (χ0) is 18.4. The van der Waals surface area contributed by atoms with E-state index in [-0.39, 0.29) is 5.82 Å². The first-order chi connectivity index (χ1) is 13.2. The van der Waals surface area contributed by atoms with Crippen LogP contribution in [0.4, 0.5) is 4.39 Å². The van der Waals surface area contributed by atoms with Crippen LogP contribution in [0.25, 0.3) is 27.9 Å². The van der Waals surface area contributed by atoms with E-state index in [1.807, 2.05) is 30.5 Å². The van der Waals surface area contributed by atoms with E-state index < -0.39 is 5.76 Å². The first kappa shape index (κ1) is 15.5. The second-order valence-corrected chi connectivity index (χ2v) is 6.24. The highest BCUT2D eigenvalue weighted by molar-refractivity contribution is 5.80. The number of rotatable bonds is 3. The van der Waals surface area contributed by atoms with Gasteiger partial charge in [0, 0.05) is 24.0 Å². The molecule has 132 valence electrons. The summed E-state index contributed by atoms with van der Waals surface area (Å²) in [4.78, 5) is 16.6. The van der Waals surface area contributed by atoms with E-state index in [1.165, 1.54) is 16.7 Å². The quantitative estimate of drug-likeness (QED) is 0.494. The largest absolute Gasteiger partial charge is 0.420 e. The van der Waals surface area contributed by atoms with Gasteiger partial charge in [-0.05, 0) is 35.4 Å². The number of halogens is 1. The Morgan fingerprint density at radius 3 is 2.74 bits per heavy atom. The summed E-state index contributed by atoms with van der Waals surface area (Å²) in [6, 6.07) is 13.4. The lowest BCUT2D eigenvalue weighted by Crippen LogP contribution is -2.14. The van der Waals surface area contributed by atoms with Gasteiger partial charge in [0.2, 0.25) is 0 Å². The molecule has 0 radical (unpaired) electrons. The molecule has 0 fully saturated rings. The third kappa shape index (κ3) is 2.69. The van der Waals surface area contributed by atoms with Gasteiger partial charge in [-0.25, -0.2) is 18.7 Å². The Morgan fingerprint density at radius 1 is 1.04 bits per heavy atom. The summed E-state index contributed by atoms with van der Waals surface area (Å²) in [5, 5.41) is 4.19. The molecular weight excluding hydrogens is 347 g/mol. The minimum atomic E-state index is -0.452. The average Bonchev–Trinajstić information content (AvgIpc) is 3.27. The van der Waals surface area contributed by atoms with Crippen LogP contribution in [0.1, 0.15) is 5.56 Å². The fourth-order valence-electron chi connectivity index (χ4n) is 3.13. The van der Waals surface area contributed by atoms with E-state index in [2.05, 4.69) is 10.1 Å². The van der Waals surface area contributed by atoms with Gasteiger partial charge in [0.25, 0.3) is 0 Å². The first-order valence-corrected chi connectivity index (χ1v) is 8.35. The highest BCUT2D eigenvalue weighted by Gasteiger charge is 2.12. The van der Waals surface area contributed by atoms with Gasteiger partial charge < -0.3 is 4.42 Å². The molecule has 0 spiro atoms. The fourth-order valence-corrected chi connectivity index (χ4v) is 3.13. The van der Waals surface area contributed by atoms with Crippen molar-refractivity contribution < 1.29 is 8.81 Å². The molecule has 0 N–H and O–H groups in total. The predicted octanol–water partition coefficient (Wildman–Crippen LogP) is 3.49. The zero-order valence-corrected chi connectivity index (χ0v) is 14.0. The number of nitrogens with zero attached hydrogens (tertiary/aromatic N) is 4. The van der Waals surface area contributed by atoms with Gasteiger partial charge in [-0.1, -0.05) is 18.2 Å². The van der Waals surface area contributed by atoms with Crippen LogP contribution < -0.4 is 5.76 Å². The molecule has 3 heterocycles. The topological polar surface area (TPSA) is 65.3 Å². The summed E-state index contributed by atoms with van der Waals surface area (Å²) < 4.78 is 21.7. The van der Waals surface area contributed by atoms with Gasteiger partial charge in [-0.15, -0.1) is 0 Å². The molecular formula is C20H13FN4O2. The molecule has 5 rings (SSSR count). The Labute approximate surface area is 152 Å². The van der Waals surface area contributed by atoms with Crippen molar-refractivity contribution in [3.63, 3.8) is 0 Å². The third-order valence-corrected chi connectivity index (χ3v) is 4.50. The zero-order valence-electron chi connectivity index (χ0n) is 14.0. The average molecular weight is 360 g/mol. The van der Waals surface area contributed by atoms with Crippen LogP contribution in [0.5, 0.6) is 0 Å². The molecule has 7 heteroatoms. The smallest absolute Gasteiger partial charge is 0.408 e. The van der Waals surface area contributed by atoms with Crippen LogP contribution in [-0.2, 0) is 6.54 Å². The van der Waals surface area contributed by atoms with E-state index in [9.17, 15) is 9.18 Å². The minimum Gasteiger partial charge on any atom is -0.408 e. The summed E-state index contributed by atoms with van der Waals surface area (Å²) in [6.07, 6.45) is 5.31. The molecule has 0 aliphatic heterocycles. The van der Waals surface area contributed by atoms with Crippen LogP contribution in [-0.4, -0.2) is 19.2 Å². The maximum atomic E-state index is 13.1. The van der Waals surface area contributed by atoms with Gasteiger partial charge in [0.15, 0.2) is 11.2 Å². The minimum absolute atomic E-state index is 0.310. The summed E-state index contributed by atoms with van der Waals surface area (Å²) in [7, 11) is 0. The van der Waals surface area contributed by atoms with E-state index in [4.69, 9.17) is 4.42 Å². The molecule has 6 nitrogen and oxygen atoms in total. The van der Waals surface area contributed by atoms with Crippen molar-refractivity contribution in [1.82, 2.24) is 19.2 Å². The second kappa shape index (κ2) is 5.91. The maximum absolute atomic E-state index is 13.1. The third-order valence-electron chi connectivity index (χ3n) is 4.50. The van der Waals surface area contributed by atoms with Crippen LogP contribution in [0.15, 0.2) is 76.3 Å². The summed E-state index contributed by atoms with van der Waals surface area (Å²) >= 11 is 0. The molecule has 0 amide bonds. The molecule has 5 aromatic rings. The van der Waals surface area contributed by atoms with E-state index in [0.717, 1.165) is 22.3 Å². The van der Waals surface area contributed by atoms with Gasteiger partial charge >= 0.3 is 5.76 Å². The number of hydrogen-bond donors (Lipinski definition) is 0. The van der Waals surface area contributed by atoms with Crippen molar-refractivity contribution in [2.45, 2.75) is 6.54 Å². The summed E-state index contributed by atoms with van der Waals surface area (Å²) in [5.41, 5.74) is 4.48. The molecule has 27 heavy (non-hydrogen) atoms. The Hall–Kier alpha value is -3.74. The Kier molecular flexibility index (Phi) is 3.39. The molecule has 0 aliphatic carbocycles. The van der Waals surface area contributed by atoms with Crippen molar-refractivity contribution in [1.29, 1.82) is 0 Å². The van der Waals surface area contributed by atoms with Crippen molar-refractivity contribution in [2.24, 2.45) is 0 Å². The lowest BCUT2D eigenvalue weighted by Gasteiger charge is -2.04. The Balaban J connectivity index is 1.56. The van der Waals surface area contributed by atoms with Crippen molar-refractivity contribution in [2.75, 3.05) is 0 Å². The predicted molar refractivity (Wildman–Crippen MR) is 98.0 cm³/mol. The number of benzene rings is 2. The Bertz CT molecular complexity index is 1330. The van der Waals surface area contributed by atoms with Crippen molar-refractivity contribution in [3.05, 3.63) is 89.1 Å². The van der Waals surface area contributed by atoms with Crippen LogP contribution in [0, 0.1) is 5.82 Å². The molecule has 0 saturated carbocycles. The lowest BCUT2D eigenvalue weighted by molar-refractivity contribution is 0.517. The monoisotopic (exact) mass is 360 g/mol. The second-order valence-electron chi connectivity index (χ2n) is 6.24.